The average molecular weight is 174 g/mol. The summed E-state index contributed by atoms with van der Waals surface area (Å²) in [4.78, 5) is 0. The lowest BCUT2D eigenvalue weighted by Crippen LogP contribution is -2.31. The van der Waals surface area contributed by atoms with Gasteiger partial charge in [0.2, 0.25) is 0 Å². The van der Waals surface area contributed by atoms with Crippen LogP contribution in [0.5, 0.6) is 0 Å². The van der Waals surface area contributed by atoms with Crippen molar-refractivity contribution in [2.45, 2.75) is 32.2 Å². The number of hydrogen-bond acceptors (Lipinski definition) is 3. The van der Waals surface area contributed by atoms with Crippen molar-refractivity contribution in [1.82, 2.24) is 0 Å². The third-order valence-corrected chi connectivity index (χ3v) is 2.62. The quantitative estimate of drug-likeness (QED) is 0.640. The summed E-state index contributed by atoms with van der Waals surface area (Å²) in [6.45, 7) is 4.84. The molecule has 1 aliphatic rings. The van der Waals surface area contributed by atoms with Gasteiger partial charge >= 0.3 is 0 Å². The fourth-order valence-corrected chi connectivity index (χ4v) is 1.75. The van der Waals surface area contributed by atoms with Crippen LogP contribution in [0.25, 0.3) is 0 Å². The topological polar surface area (TPSA) is 27.7 Å². The zero-order valence-electron chi connectivity index (χ0n) is 8.24. The second-order valence-electron chi connectivity index (χ2n) is 3.39. The maximum Gasteiger partial charge on any atom is 0.108 e. The summed E-state index contributed by atoms with van der Waals surface area (Å²) in [6.07, 6.45) is 0.556. The van der Waals surface area contributed by atoms with Gasteiger partial charge in [-0.2, -0.15) is 0 Å². The average Bonchev–Trinajstić information content (AvgIpc) is 2.29. The molecule has 0 N–H and O–H groups in total. The van der Waals surface area contributed by atoms with E-state index < -0.39 is 0 Å². The molecule has 0 saturated carbocycles. The van der Waals surface area contributed by atoms with Gasteiger partial charge in [-0.3, -0.25) is 0 Å². The third kappa shape index (κ3) is 1.79. The van der Waals surface area contributed by atoms with Gasteiger partial charge in [-0.25, -0.2) is 0 Å². The van der Waals surface area contributed by atoms with Crippen molar-refractivity contribution < 1.29 is 14.2 Å². The molecule has 1 saturated heterocycles. The van der Waals surface area contributed by atoms with E-state index in [1.165, 1.54) is 0 Å². The Bertz CT molecular complexity index is 138. The summed E-state index contributed by atoms with van der Waals surface area (Å²) in [5.41, 5.74) is 0. The van der Waals surface area contributed by atoms with Crippen molar-refractivity contribution in [1.29, 1.82) is 0 Å². The first kappa shape index (κ1) is 9.96. The molecule has 0 amide bonds. The Labute approximate surface area is 74.0 Å². The van der Waals surface area contributed by atoms with Crippen LogP contribution in [-0.2, 0) is 14.2 Å². The summed E-state index contributed by atoms with van der Waals surface area (Å²) in [6, 6.07) is 0. The molecule has 0 radical (unpaired) electrons. The van der Waals surface area contributed by atoms with Crippen LogP contribution in [0.1, 0.15) is 13.8 Å². The highest BCUT2D eigenvalue weighted by Crippen LogP contribution is 2.28. The maximum atomic E-state index is 5.67. The first-order chi connectivity index (χ1) is 5.70. The monoisotopic (exact) mass is 174 g/mol. The molecule has 1 fully saturated rings. The van der Waals surface area contributed by atoms with E-state index >= 15 is 0 Å². The van der Waals surface area contributed by atoms with Gasteiger partial charge in [0.05, 0.1) is 18.8 Å². The van der Waals surface area contributed by atoms with E-state index in [1.807, 2.05) is 0 Å². The van der Waals surface area contributed by atoms with E-state index in [2.05, 4.69) is 13.8 Å². The lowest BCUT2D eigenvalue weighted by molar-refractivity contribution is -0.0411. The van der Waals surface area contributed by atoms with Crippen molar-refractivity contribution in [3.05, 3.63) is 0 Å². The molecule has 1 aliphatic heterocycles. The highest BCUT2D eigenvalue weighted by molar-refractivity contribution is 4.86. The highest BCUT2D eigenvalue weighted by Gasteiger charge is 2.39. The molecule has 0 aliphatic carbocycles. The molecule has 0 bridgehead atoms. The molecule has 0 spiro atoms. The molecule has 4 unspecified atom stereocenters. The molecule has 4 atom stereocenters. The summed E-state index contributed by atoms with van der Waals surface area (Å²) in [5, 5.41) is 0. The predicted molar refractivity (Wildman–Crippen MR) is 46.2 cm³/mol. The lowest BCUT2D eigenvalue weighted by Gasteiger charge is -2.18. The van der Waals surface area contributed by atoms with Gasteiger partial charge in [0.25, 0.3) is 0 Å². The highest BCUT2D eigenvalue weighted by atomic mass is 16.6. The minimum absolute atomic E-state index is 0.102. The normalized spacial score (nSPS) is 42.0. The third-order valence-electron chi connectivity index (χ3n) is 2.62. The first-order valence-corrected chi connectivity index (χ1v) is 4.38. The van der Waals surface area contributed by atoms with Crippen molar-refractivity contribution in [3.8, 4) is 0 Å². The fourth-order valence-electron chi connectivity index (χ4n) is 1.75. The molecule has 12 heavy (non-hydrogen) atoms. The van der Waals surface area contributed by atoms with E-state index in [1.54, 1.807) is 14.2 Å². The van der Waals surface area contributed by atoms with Gasteiger partial charge in [0.1, 0.15) is 6.10 Å². The smallest absolute Gasteiger partial charge is 0.108 e. The molecule has 72 valence electrons. The Morgan fingerprint density at radius 2 is 1.92 bits per heavy atom. The fraction of sp³-hybridized carbons (Fsp3) is 1.00. The largest absolute Gasteiger partial charge is 0.382 e. The van der Waals surface area contributed by atoms with Gasteiger partial charge in [-0.05, 0) is 6.92 Å². The molecule has 1 rings (SSSR count). The van der Waals surface area contributed by atoms with Crippen LogP contribution in [-0.4, -0.2) is 39.1 Å². The second kappa shape index (κ2) is 4.21. The van der Waals surface area contributed by atoms with Gasteiger partial charge in [0, 0.05) is 20.1 Å². The molecular weight excluding hydrogens is 156 g/mol. The Morgan fingerprint density at radius 1 is 1.25 bits per heavy atom. The van der Waals surface area contributed by atoms with E-state index in [0.29, 0.717) is 12.5 Å². The summed E-state index contributed by atoms with van der Waals surface area (Å²) < 4.78 is 16.1. The van der Waals surface area contributed by atoms with Gasteiger partial charge in [-0.1, -0.05) is 6.92 Å². The predicted octanol–water partition coefficient (Wildman–Crippen LogP) is 1.07. The zero-order valence-corrected chi connectivity index (χ0v) is 8.24. The number of methoxy groups -OCH3 is 2. The minimum atomic E-state index is 0.102. The molecule has 0 aromatic rings. The van der Waals surface area contributed by atoms with Crippen LogP contribution in [0.2, 0.25) is 0 Å². The summed E-state index contributed by atoms with van der Waals surface area (Å²) in [5.74, 6) is 0.454. The Balaban J connectivity index is 2.52. The minimum Gasteiger partial charge on any atom is -0.382 e. The standard InChI is InChI=1S/C9H18O3/c1-6-7(2)12-8(5-10-3)9(6)11-4/h6-9H,5H2,1-4H3. The van der Waals surface area contributed by atoms with Crippen molar-refractivity contribution in [2.75, 3.05) is 20.8 Å². The van der Waals surface area contributed by atoms with Crippen molar-refractivity contribution in [3.63, 3.8) is 0 Å². The van der Waals surface area contributed by atoms with Crippen LogP contribution < -0.4 is 0 Å². The Hall–Kier alpha value is -0.120. The number of ether oxygens (including phenoxy) is 3. The van der Waals surface area contributed by atoms with Crippen LogP contribution in [0.4, 0.5) is 0 Å². The number of hydrogen-bond donors (Lipinski definition) is 0. The Morgan fingerprint density at radius 3 is 2.42 bits per heavy atom. The molecule has 0 aromatic carbocycles. The van der Waals surface area contributed by atoms with E-state index in [4.69, 9.17) is 14.2 Å². The van der Waals surface area contributed by atoms with Crippen LogP contribution >= 0.6 is 0 Å². The van der Waals surface area contributed by atoms with Gasteiger partial charge < -0.3 is 14.2 Å². The van der Waals surface area contributed by atoms with Crippen LogP contribution in [0.15, 0.2) is 0 Å². The van der Waals surface area contributed by atoms with Crippen molar-refractivity contribution >= 4 is 0 Å². The second-order valence-corrected chi connectivity index (χ2v) is 3.39. The molecular formula is C9H18O3. The van der Waals surface area contributed by atoms with Crippen LogP contribution in [0.3, 0.4) is 0 Å². The number of rotatable bonds is 3. The first-order valence-electron chi connectivity index (χ1n) is 4.38. The zero-order chi connectivity index (χ0) is 9.14. The molecule has 0 aromatic heterocycles. The van der Waals surface area contributed by atoms with Crippen LogP contribution in [0, 0.1) is 5.92 Å². The van der Waals surface area contributed by atoms with E-state index in [9.17, 15) is 0 Å². The summed E-state index contributed by atoms with van der Waals surface area (Å²) in [7, 11) is 3.41. The molecule has 3 nitrogen and oxygen atoms in total. The maximum absolute atomic E-state index is 5.67. The van der Waals surface area contributed by atoms with Crippen molar-refractivity contribution in [2.24, 2.45) is 5.92 Å². The van der Waals surface area contributed by atoms with E-state index in [-0.39, 0.29) is 18.3 Å². The van der Waals surface area contributed by atoms with Gasteiger partial charge in [-0.15, -0.1) is 0 Å². The summed E-state index contributed by atoms with van der Waals surface area (Å²) >= 11 is 0. The SMILES string of the molecule is COCC1OC(C)C(C)C1OC. The lowest BCUT2D eigenvalue weighted by atomic mass is 9.99. The van der Waals surface area contributed by atoms with Gasteiger partial charge in [0.15, 0.2) is 0 Å². The molecule has 1 heterocycles. The molecule has 3 heteroatoms. The van der Waals surface area contributed by atoms with E-state index in [0.717, 1.165) is 0 Å². The Kier molecular flexibility index (Phi) is 3.50.